The fourth-order valence-electron chi connectivity index (χ4n) is 4.49. The molecule has 5 rings (SSSR count). The molecule has 0 radical (unpaired) electrons. The Hall–Kier alpha value is -4.11. The van der Waals surface area contributed by atoms with E-state index < -0.39 is 6.09 Å². The first-order chi connectivity index (χ1) is 16.0. The number of aliphatic imine (C=N–C) groups is 2. The molecule has 9 nitrogen and oxygen atoms in total. The molecule has 4 heterocycles. The number of aromatic nitrogens is 1. The fourth-order valence-corrected chi connectivity index (χ4v) is 4.49. The Balaban J connectivity index is 1.45. The van der Waals surface area contributed by atoms with Crippen LogP contribution in [0.4, 0.5) is 10.6 Å². The summed E-state index contributed by atoms with van der Waals surface area (Å²) >= 11 is 0. The van der Waals surface area contributed by atoms with Gasteiger partial charge in [0.1, 0.15) is 23.8 Å². The molecule has 1 N–H and O–H groups in total. The Labute approximate surface area is 190 Å². The van der Waals surface area contributed by atoms with Crippen LogP contribution >= 0.6 is 0 Å². The van der Waals surface area contributed by atoms with Crippen LogP contribution in [0.5, 0.6) is 0 Å². The van der Waals surface area contributed by atoms with Crippen molar-refractivity contribution in [2.45, 2.75) is 18.9 Å². The average Bonchev–Trinajstić information content (AvgIpc) is 3.42. The normalized spacial score (nSPS) is 23.5. The molecule has 1 aromatic carbocycles. The summed E-state index contributed by atoms with van der Waals surface area (Å²) in [5.74, 6) is 0.966. The predicted octanol–water partition coefficient (Wildman–Crippen LogP) is 2.12. The van der Waals surface area contributed by atoms with Crippen LogP contribution in [0.25, 0.3) is 0 Å². The Morgan fingerprint density at radius 3 is 2.73 bits per heavy atom. The van der Waals surface area contributed by atoms with Crippen LogP contribution in [0.2, 0.25) is 0 Å². The summed E-state index contributed by atoms with van der Waals surface area (Å²) in [5, 5.41) is 14.4. The van der Waals surface area contributed by atoms with Crippen molar-refractivity contribution in [2.75, 3.05) is 18.9 Å². The van der Waals surface area contributed by atoms with Crippen molar-refractivity contribution in [3.05, 3.63) is 83.6 Å². The van der Waals surface area contributed by atoms with Gasteiger partial charge in [0.05, 0.1) is 31.1 Å². The van der Waals surface area contributed by atoms with Gasteiger partial charge in [-0.2, -0.15) is 4.99 Å². The zero-order valence-corrected chi connectivity index (χ0v) is 18.0. The van der Waals surface area contributed by atoms with Crippen molar-refractivity contribution in [3.63, 3.8) is 0 Å². The van der Waals surface area contributed by atoms with Gasteiger partial charge in [0.25, 0.3) is 5.91 Å². The third-order valence-corrected chi connectivity index (χ3v) is 6.19. The summed E-state index contributed by atoms with van der Waals surface area (Å²) in [7, 11) is 1.99. The van der Waals surface area contributed by atoms with Gasteiger partial charge in [0.15, 0.2) is 5.70 Å². The lowest BCUT2D eigenvalue weighted by Crippen LogP contribution is -2.46. The second-order valence-electron chi connectivity index (χ2n) is 8.22. The second kappa shape index (κ2) is 8.10. The van der Waals surface area contributed by atoms with E-state index in [0.29, 0.717) is 30.0 Å². The maximum absolute atomic E-state index is 12.6. The van der Waals surface area contributed by atoms with Gasteiger partial charge in [-0.25, -0.2) is 9.47 Å². The molecule has 0 bridgehead atoms. The molecule has 2 atom stereocenters. The van der Waals surface area contributed by atoms with E-state index in [9.17, 15) is 14.7 Å². The van der Waals surface area contributed by atoms with Crippen molar-refractivity contribution in [1.82, 2.24) is 9.88 Å². The van der Waals surface area contributed by atoms with Crippen molar-refractivity contribution < 1.29 is 19.2 Å². The molecule has 166 valence electrons. The number of carboxylic acid groups (broad SMARTS) is 1. The minimum Gasteiger partial charge on any atom is -0.530 e. The second-order valence-corrected chi connectivity index (χ2v) is 8.22. The fraction of sp³-hybridized carbons (Fsp3) is 0.208. The van der Waals surface area contributed by atoms with E-state index in [2.05, 4.69) is 15.3 Å². The van der Waals surface area contributed by atoms with E-state index in [-0.39, 0.29) is 16.4 Å². The number of likely N-dealkylation sites (tertiary alicyclic amines) is 1. The molecule has 3 aliphatic rings. The number of fused-ring (bicyclic) bond motifs is 1. The molecule has 2 aromatic rings. The van der Waals surface area contributed by atoms with Crippen LogP contribution in [0.1, 0.15) is 28.8 Å². The van der Waals surface area contributed by atoms with Gasteiger partial charge in [0.2, 0.25) is 5.84 Å². The first-order valence-corrected chi connectivity index (χ1v) is 10.7. The van der Waals surface area contributed by atoms with Crippen LogP contribution in [-0.4, -0.2) is 58.1 Å². The zero-order chi connectivity index (χ0) is 23.0. The number of carbonyl (C=O) groups is 2. The Bertz CT molecular complexity index is 1230. The number of amides is 2. The SMILES string of the molecule is C[N+]12C=CN=CC1=C(C1CCCN1C(=O)[O-])N=C2c1ccc(C(=O)Nc2ccccn2)cc1. The highest BCUT2D eigenvalue weighted by molar-refractivity contribution is 6.05. The summed E-state index contributed by atoms with van der Waals surface area (Å²) in [4.78, 5) is 38.9. The predicted molar refractivity (Wildman–Crippen MR) is 121 cm³/mol. The molecule has 3 aliphatic heterocycles. The lowest BCUT2D eigenvalue weighted by molar-refractivity contribution is -0.713. The molecule has 9 heteroatoms. The van der Waals surface area contributed by atoms with Crippen molar-refractivity contribution in [2.24, 2.45) is 9.98 Å². The first kappa shape index (κ1) is 20.8. The van der Waals surface area contributed by atoms with E-state index >= 15 is 0 Å². The molecule has 0 spiro atoms. The minimum absolute atomic E-state index is 0.255. The quantitative estimate of drug-likeness (QED) is 0.731. The number of anilines is 1. The number of rotatable bonds is 4. The van der Waals surface area contributed by atoms with E-state index in [4.69, 9.17) is 4.99 Å². The van der Waals surface area contributed by atoms with Gasteiger partial charge < -0.3 is 20.1 Å². The van der Waals surface area contributed by atoms with Gasteiger partial charge in [-0.15, -0.1) is 0 Å². The highest BCUT2D eigenvalue weighted by atomic mass is 16.4. The maximum Gasteiger partial charge on any atom is 0.256 e. The molecular formula is C24H22N6O3. The maximum atomic E-state index is 12.6. The number of allylic oxidation sites excluding steroid dienone is 1. The minimum atomic E-state index is -1.19. The van der Waals surface area contributed by atoms with Crippen LogP contribution < -0.4 is 10.4 Å². The largest absolute Gasteiger partial charge is 0.530 e. The molecule has 1 fully saturated rings. The lowest BCUT2D eigenvalue weighted by Gasteiger charge is -2.29. The number of hydrogen-bond acceptors (Lipinski definition) is 6. The van der Waals surface area contributed by atoms with E-state index in [0.717, 1.165) is 23.5 Å². The van der Waals surface area contributed by atoms with Crippen molar-refractivity contribution in [1.29, 1.82) is 0 Å². The molecule has 2 amide bonds. The van der Waals surface area contributed by atoms with Crippen LogP contribution in [0.15, 0.2) is 82.4 Å². The summed E-state index contributed by atoms with van der Waals surface area (Å²) in [6.07, 6.45) is 7.25. The third-order valence-electron chi connectivity index (χ3n) is 6.19. The topological polar surface area (TPSA) is 110 Å². The molecule has 0 aliphatic carbocycles. The summed E-state index contributed by atoms with van der Waals surface area (Å²) in [6.45, 7) is 0.436. The first-order valence-electron chi connectivity index (χ1n) is 10.7. The Kier molecular flexibility index (Phi) is 5.10. The lowest BCUT2D eigenvalue weighted by atomic mass is 10.1. The molecule has 33 heavy (non-hydrogen) atoms. The van der Waals surface area contributed by atoms with Gasteiger partial charge in [0, 0.05) is 18.3 Å². The van der Waals surface area contributed by atoms with Crippen LogP contribution in [0.3, 0.4) is 0 Å². The highest BCUT2D eigenvalue weighted by Crippen LogP contribution is 2.38. The number of benzene rings is 1. The van der Waals surface area contributed by atoms with E-state index in [1.165, 1.54) is 4.90 Å². The van der Waals surface area contributed by atoms with Crippen molar-refractivity contribution >= 4 is 29.9 Å². The Morgan fingerprint density at radius 1 is 1.18 bits per heavy atom. The van der Waals surface area contributed by atoms with Gasteiger partial charge in [-0.1, -0.05) is 6.07 Å². The number of nitrogens with one attached hydrogen (secondary N) is 1. The third kappa shape index (κ3) is 3.62. The molecular weight excluding hydrogens is 420 g/mol. The molecule has 1 saturated heterocycles. The van der Waals surface area contributed by atoms with Crippen molar-refractivity contribution in [3.8, 4) is 0 Å². The summed E-state index contributed by atoms with van der Waals surface area (Å²) < 4.78 is 0.274. The van der Waals surface area contributed by atoms with E-state index in [1.807, 2.05) is 25.4 Å². The molecule has 2 unspecified atom stereocenters. The monoisotopic (exact) mass is 442 g/mol. The number of nitrogens with zero attached hydrogens (tertiary/aromatic N) is 5. The number of amidine groups is 1. The smallest absolute Gasteiger partial charge is 0.256 e. The number of carbonyl (C=O) groups excluding carboxylic acids is 2. The van der Waals surface area contributed by atoms with E-state index in [1.54, 1.807) is 48.9 Å². The number of hydrogen-bond donors (Lipinski definition) is 1. The molecule has 0 saturated carbocycles. The molecule has 1 aromatic heterocycles. The Morgan fingerprint density at radius 2 is 2.00 bits per heavy atom. The zero-order valence-electron chi connectivity index (χ0n) is 18.0. The highest BCUT2D eigenvalue weighted by Gasteiger charge is 2.46. The average molecular weight is 442 g/mol. The van der Waals surface area contributed by atoms with Gasteiger partial charge in [-0.3, -0.25) is 9.79 Å². The van der Waals surface area contributed by atoms with Gasteiger partial charge >= 0.3 is 0 Å². The van der Waals surface area contributed by atoms with Crippen LogP contribution in [-0.2, 0) is 0 Å². The van der Waals surface area contributed by atoms with Crippen LogP contribution in [0, 0.1) is 0 Å². The number of pyridine rings is 1. The van der Waals surface area contributed by atoms with Gasteiger partial charge in [-0.05, 0) is 49.2 Å². The summed E-state index contributed by atoms with van der Waals surface area (Å²) in [6, 6.07) is 12.1. The standard InChI is InChI=1S/C24H22N6O3/c1-30-14-12-25-15-19(30)21(18-5-4-13-29(18)24(32)33)28-22(30)16-7-9-17(10-8-16)23(31)27-20-6-2-3-11-26-20/h2-3,6-12,14-15,18H,4-5,13H2,1H3,(H-,26,27,31,32,33). The number of quaternary nitrogens is 1. The summed E-state index contributed by atoms with van der Waals surface area (Å²) in [5.41, 5.74) is 2.85.